The number of carbonyl (C=O) groups excluding carboxylic acids is 1. The van der Waals surface area contributed by atoms with Crippen LogP contribution in [0.25, 0.3) is 0 Å². The molecule has 2 aliphatic rings. The van der Waals surface area contributed by atoms with E-state index < -0.39 is 0 Å². The van der Waals surface area contributed by atoms with Crippen LogP contribution in [0.5, 0.6) is 0 Å². The zero-order valence-electron chi connectivity index (χ0n) is 12.9. The van der Waals surface area contributed by atoms with Crippen molar-refractivity contribution < 1.29 is 4.79 Å². The van der Waals surface area contributed by atoms with Gasteiger partial charge in [0, 0.05) is 53.9 Å². The second-order valence-electron chi connectivity index (χ2n) is 5.96. The van der Waals surface area contributed by atoms with E-state index >= 15 is 0 Å². The lowest BCUT2D eigenvalue weighted by molar-refractivity contribution is 0.0727. The summed E-state index contributed by atoms with van der Waals surface area (Å²) in [7, 11) is 0. The van der Waals surface area contributed by atoms with Gasteiger partial charge in [-0.1, -0.05) is 23.2 Å². The first-order valence-electron chi connectivity index (χ1n) is 7.66. The number of aromatic nitrogens is 2. The van der Waals surface area contributed by atoms with Crippen molar-refractivity contribution in [2.45, 2.75) is 25.9 Å². The Balaban J connectivity index is 0.00000169. The molecule has 0 bridgehead atoms. The molecule has 4 rings (SSSR count). The molecule has 1 amide bonds. The number of rotatable bonds is 1. The van der Waals surface area contributed by atoms with E-state index in [9.17, 15) is 4.79 Å². The summed E-state index contributed by atoms with van der Waals surface area (Å²) in [6, 6.07) is 3.65. The van der Waals surface area contributed by atoms with E-state index in [1.54, 1.807) is 6.07 Å². The lowest BCUT2D eigenvalue weighted by atomic mass is 9.99. The number of hydrogen-bond acceptors (Lipinski definition) is 3. The molecule has 0 radical (unpaired) electrons. The maximum atomic E-state index is 12.9. The van der Waals surface area contributed by atoms with Crippen LogP contribution in [-0.2, 0) is 25.9 Å². The van der Waals surface area contributed by atoms with Crippen LogP contribution in [0.2, 0.25) is 10.0 Å². The highest BCUT2D eigenvalue weighted by molar-refractivity contribution is 6.35. The number of benzene rings is 1. The van der Waals surface area contributed by atoms with Gasteiger partial charge in [-0.15, -0.1) is 12.4 Å². The third-order valence-electron chi connectivity index (χ3n) is 4.54. The zero-order chi connectivity index (χ0) is 16.0. The number of carbonyl (C=O) groups is 1. The maximum Gasteiger partial charge on any atom is 0.275 e. The molecule has 1 aromatic heterocycles. The fourth-order valence-corrected chi connectivity index (χ4v) is 3.96. The molecule has 0 spiro atoms. The smallest absolute Gasteiger partial charge is 0.275 e. The van der Waals surface area contributed by atoms with Crippen molar-refractivity contribution in [3.05, 3.63) is 50.3 Å². The van der Waals surface area contributed by atoms with Gasteiger partial charge in [-0.05, 0) is 29.7 Å². The van der Waals surface area contributed by atoms with E-state index in [0.717, 1.165) is 41.8 Å². The Morgan fingerprint density at radius 3 is 2.88 bits per heavy atom. The summed E-state index contributed by atoms with van der Waals surface area (Å²) in [5.74, 6) is -0.0343. The summed E-state index contributed by atoms with van der Waals surface area (Å²) in [6.07, 6.45) is 1.62. The maximum absolute atomic E-state index is 12.9. The topological polar surface area (TPSA) is 61.0 Å². The predicted molar refractivity (Wildman–Crippen MR) is 96.2 cm³/mol. The Morgan fingerprint density at radius 1 is 1.21 bits per heavy atom. The van der Waals surface area contributed by atoms with Gasteiger partial charge in [0.1, 0.15) is 0 Å². The molecule has 5 nitrogen and oxygen atoms in total. The van der Waals surface area contributed by atoms with E-state index in [1.165, 1.54) is 0 Å². The number of halogens is 3. The average Bonchev–Trinajstić information content (AvgIpc) is 2.97. The number of hydrogen-bond donors (Lipinski definition) is 2. The zero-order valence-corrected chi connectivity index (χ0v) is 15.2. The van der Waals surface area contributed by atoms with Crippen molar-refractivity contribution in [3.8, 4) is 0 Å². The molecule has 0 atom stereocenters. The number of nitrogens with one attached hydrogen (secondary N) is 2. The largest absolute Gasteiger partial charge is 0.333 e. The molecule has 128 valence electrons. The first kappa shape index (κ1) is 17.5. The van der Waals surface area contributed by atoms with Gasteiger partial charge < -0.3 is 10.2 Å². The Labute approximate surface area is 156 Å². The highest BCUT2D eigenvalue weighted by Gasteiger charge is 2.28. The van der Waals surface area contributed by atoms with Gasteiger partial charge in [-0.2, -0.15) is 5.10 Å². The SMILES string of the molecule is Cl.O=C(c1n[nH]c2c1CNCC2)N1CCc2c(Cl)cc(Cl)cc2C1. The molecule has 24 heavy (non-hydrogen) atoms. The molecule has 2 N–H and O–H groups in total. The van der Waals surface area contributed by atoms with Crippen molar-refractivity contribution >= 4 is 41.5 Å². The van der Waals surface area contributed by atoms with Crippen LogP contribution in [0.3, 0.4) is 0 Å². The van der Waals surface area contributed by atoms with E-state index in [4.69, 9.17) is 23.2 Å². The van der Waals surface area contributed by atoms with Crippen LogP contribution in [0.1, 0.15) is 32.9 Å². The Morgan fingerprint density at radius 2 is 2.04 bits per heavy atom. The molecule has 2 aliphatic heterocycles. The van der Waals surface area contributed by atoms with E-state index in [1.807, 2.05) is 11.0 Å². The van der Waals surface area contributed by atoms with Crippen molar-refractivity contribution in [3.63, 3.8) is 0 Å². The fraction of sp³-hybridized carbons (Fsp3) is 0.375. The summed E-state index contributed by atoms with van der Waals surface area (Å²) in [4.78, 5) is 14.7. The van der Waals surface area contributed by atoms with Crippen molar-refractivity contribution in [2.75, 3.05) is 13.1 Å². The first-order chi connectivity index (χ1) is 11.1. The summed E-state index contributed by atoms with van der Waals surface area (Å²) >= 11 is 12.3. The molecule has 8 heteroatoms. The summed E-state index contributed by atoms with van der Waals surface area (Å²) in [5.41, 5.74) is 4.70. The minimum absolute atomic E-state index is 0. The van der Waals surface area contributed by atoms with Gasteiger partial charge in [0.2, 0.25) is 0 Å². The summed E-state index contributed by atoms with van der Waals surface area (Å²) in [6.45, 7) is 2.76. The first-order valence-corrected chi connectivity index (χ1v) is 8.42. The highest BCUT2D eigenvalue weighted by atomic mass is 35.5. The molecule has 0 unspecified atom stereocenters. The van der Waals surface area contributed by atoms with E-state index in [-0.39, 0.29) is 18.3 Å². The Bertz CT molecular complexity index is 790. The van der Waals surface area contributed by atoms with Gasteiger partial charge in [-0.3, -0.25) is 9.89 Å². The van der Waals surface area contributed by atoms with Crippen LogP contribution >= 0.6 is 35.6 Å². The summed E-state index contributed by atoms with van der Waals surface area (Å²) in [5, 5.41) is 11.8. The second kappa shape index (κ2) is 6.92. The normalized spacial score (nSPS) is 16.2. The minimum Gasteiger partial charge on any atom is -0.333 e. The highest BCUT2D eigenvalue weighted by Crippen LogP contribution is 2.30. The Hall–Kier alpha value is -1.27. The molecular weight excluding hydrogens is 371 g/mol. The third kappa shape index (κ3) is 3.02. The molecule has 2 aromatic rings. The minimum atomic E-state index is -0.0343. The number of H-pyrrole nitrogens is 1. The monoisotopic (exact) mass is 386 g/mol. The molecule has 0 saturated carbocycles. The van der Waals surface area contributed by atoms with Gasteiger partial charge >= 0.3 is 0 Å². The van der Waals surface area contributed by atoms with Gasteiger partial charge in [0.15, 0.2) is 5.69 Å². The standard InChI is InChI=1S/C16H16Cl2N4O.ClH/c17-10-5-9-8-22(4-2-11(9)13(18)6-10)16(23)15-12-7-19-3-1-14(12)20-21-15;/h5-6,19H,1-4,7-8H2,(H,20,21);1H. The molecule has 3 heterocycles. The van der Waals surface area contributed by atoms with Gasteiger partial charge in [0.05, 0.1) is 0 Å². The molecule has 0 fully saturated rings. The van der Waals surface area contributed by atoms with E-state index in [2.05, 4.69) is 15.5 Å². The second-order valence-corrected chi connectivity index (χ2v) is 6.80. The molecule has 1 aromatic carbocycles. The number of fused-ring (bicyclic) bond motifs is 2. The third-order valence-corrected chi connectivity index (χ3v) is 5.10. The average molecular weight is 388 g/mol. The molecular formula is C16H17Cl3N4O. The van der Waals surface area contributed by atoms with Crippen LogP contribution in [0.15, 0.2) is 12.1 Å². The number of amides is 1. The Kier molecular flexibility index (Phi) is 5.06. The van der Waals surface area contributed by atoms with Gasteiger partial charge in [0.25, 0.3) is 5.91 Å². The van der Waals surface area contributed by atoms with Crippen LogP contribution in [0.4, 0.5) is 0 Å². The van der Waals surface area contributed by atoms with E-state index in [0.29, 0.717) is 35.4 Å². The fourth-order valence-electron chi connectivity index (χ4n) is 3.33. The van der Waals surface area contributed by atoms with Crippen LogP contribution in [0, 0.1) is 0 Å². The van der Waals surface area contributed by atoms with Crippen molar-refractivity contribution in [1.29, 1.82) is 0 Å². The predicted octanol–water partition coefficient (Wildman–Crippen LogP) is 2.98. The van der Waals surface area contributed by atoms with Crippen LogP contribution < -0.4 is 5.32 Å². The lowest BCUT2D eigenvalue weighted by Gasteiger charge is -2.29. The summed E-state index contributed by atoms with van der Waals surface area (Å²) < 4.78 is 0. The number of aromatic amines is 1. The van der Waals surface area contributed by atoms with Gasteiger partial charge in [-0.25, -0.2) is 0 Å². The number of nitrogens with zero attached hydrogens (tertiary/aromatic N) is 2. The quantitative estimate of drug-likeness (QED) is 0.791. The lowest BCUT2D eigenvalue weighted by Crippen LogP contribution is -2.37. The molecule has 0 saturated heterocycles. The van der Waals surface area contributed by atoms with Crippen molar-refractivity contribution in [1.82, 2.24) is 20.4 Å². The van der Waals surface area contributed by atoms with Crippen molar-refractivity contribution in [2.24, 2.45) is 0 Å². The molecule has 0 aliphatic carbocycles. The van der Waals surface area contributed by atoms with Crippen LogP contribution in [-0.4, -0.2) is 34.1 Å².